The van der Waals surface area contributed by atoms with Crippen molar-refractivity contribution in [1.82, 2.24) is 5.32 Å². The summed E-state index contributed by atoms with van der Waals surface area (Å²) in [5.74, 6) is 0.617. The second kappa shape index (κ2) is 7.17. The molecule has 0 aromatic carbocycles. The zero-order valence-electron chi connectivity index (χ0n) is 6.52. The third-order valence-electron chi connectivity index (χ3n) is 1.19. The van der Waals surface area contributed by atoms with E-state index in [0.717, 1.165) is 0 Å². The predicted octanol–water partition coefficient (Wildman–Crippen LogP) is 1.61. The van der Waals surface area contributed by atoms with Crippen LogP contribution in [0.4, 0.5) is 0 Å². The van der Waals surface area contributed by atoms with Crippen molar-refractivity contribution in [3.05, 3.63) is 13.5 Å². The second-order valence-corrected chi connectivity index (χ2v) is 2.31. The fourth-order valence-corrected chi connectivity index (χ4v) is 0.407. The second-order valence-electron chi connectivity index (χ2n) is 2.31. The summed E-state index contributed by atoms with van der Waals surface area (Å²) in [6.45, 7) is 12.1. The molecule has 0 aliphatic carbocycles. The quantitative estimate of drug-likeness (QED) is 0.685. The molecular weight excluding hydrogens is 187 g/mol. The summed E-state index contributed by atoms with van der Waals surface area (Å²) in [5.41, 5.74) is 0. The van der Waals surface area contributed by atoms with Crippen molar-refractivity contribution in [2.75, 3.05) is 0 Å². The van der Waals surface area contributed by atoms with E-state index < -0.39 is 0 Å². The molecule has 53 valence electrons. The first-order valence-electron chi connectivity index (χ1n) is 3.05. The smallest absolute Gasteiger partial charge is 0 e. The molecule has 0 fully saturated rings. The van der Waals surface area contributed by atoms with E-state index in [9.17, 15) is 0 Å². The van der Waals surface area contributed by atoms with Gasteiger partial charge in [-0.15, -0.1) is 6.04 Å². The molecule has 0 aromatic heterocycles. The molecule has 0 heterocycles. The van der Waals surface area contributed by atoms with Crippen LogP contribution in [0.25, 0.3) is 0 Å². The Kier molecular flexibility index (Phi) is 10.1. The van der Waals surface area contributed by atoms with Gasteiger partial charge in [-0.2, -0.15) is 6.92 Å². The van der Waals surface area contributed by atoms with Crippen molar-refractivity contribution in [2.24, 2.45) is 5.92 Å². The van der Waals surface area contributed by atoms with Gasteiger partial charge in [-0.1, -0.05) is 19.8 Å². The van der Waals surface area contributed by atoms with Gasteiger partial charge in [-0.3, -0.25) is 6.54 Å². The molecule has 0 amide bonds. The maximum atomic E-state index is 3.88. The monoisotopic (exact) mass is 202 g/mol. The number of rotatable bonds is 3. The van der Waals surface area contributed by atoms with Crippen LogP contribution >= 0.6 is 0 Å². The van der Waals surface area contributed by atoms with Crippen LogP contribution in [-0.4, -0.2) is 6.04 Å². The van der Waals surface area contributed by atoms with Crippen LogP contribution < -0.4 is 5.32 Å². The molecule has 0 aliphatic heterocycles. The predicted molar refractivity (Wildman–Crippen MR) is 37.1 cm³/mol. The van der Waals surface area contributed by atoms with Crippen LogP contribution in [-0.2, 0) is 32.7 Å². The zero-order valence-corrected chi connectivity index (χ0v) is 9.35. The van der Waals surface area contributed by atoms with Gasteiger partial charge in [0.1, 0.15) is 0 Å². The SMILES string of the molecule is [CH2-]C(N[CH-]C)C(C)C.[Y]. The molecule has 1 radical (unpaired) electrons. The van der Waals surface area contributed by atoms with Crippen molar-refractivity contribution in [2.45, 2.75) is 26.8 Å². The van der Waals surface area contributed by atoms with Crippen molar-refractivity contribution < 1.29 is 32.7 Å². The minimum atomic E-state index is 0. The molecule has 1 atom stereocenters. The Balaban J connectivity index is 0. The fraction of sp³-hybridized carbons (Fsp3) is 0.714. The minimum Gasteiger partial charge on any atom is -0.493 e. The molecule has 0 bridgehead atoms. The average molecular weight is 202 g/mol. The van der Waals surface area contributed by atoms with Crippen LogP contribution in [0.5, 0.6) is 0 Å². The van der Waals surface area contributed by atoms with Crippen LogP contribution in [0, 0.1) is 19.4 Å². The molecule has 1 nitrogen and oxygen atoms in total. The van der Waals surface area contributed by atoms with E-state index in [1.807, 2.05) is 13.5 Å². The molecule has 0 aromatic rings. The van der Waals surface area contributed by atoms with Crippen LogP contribution in [0.2, 0.25) is 0 Å². The van der Waals surface area contributed by atoms with E-state index >= 15 is 0 Å². The first-order chi connectivity index (χ1) is 3.68. The minimum absolute atomic E-state index is 0. The molecule has 1 unspecified atom stereocenters. The first-order valence-corrected chi connectivity index (χ1v) is 3.05. The van der Waals surface area contributed by atoms with Gasteiger partial charge in [0, 0.05) is 32.7 Å². The van der Waals surface area contributed by atoms with E-state index in [0.29, 0.717) is 12.0 Å². The third kappa shape index (κ3) is 6.96. The van der Waals surface area contributed by atoms with Gasteiger partial charge in [0.2, 0.25) is 0 Å². The molecule has 0 aliphatic rings. The van der Waals surface area contributed by atoms with Crippen LogP contribution in [0.3, 0.4) is 0 Å². The van der Waals surface area contributed by atoms with Gasteiger partial charge in [0.05, 0.1) is 0 Å². The first kappa shape index (κ1) is 12.7. The molecule has 0 rings (SSSR count). The fourth-order valence-electron chi connectivity index (χ4n) is 0.407. The standard InChI is InChI=1S/C7H15N.Y/c1-5-8-7(4)6(2)3;/h5-8H,4H2,1-3H3;/q-2;. The van der Waals surface area contributed by atoms with E-state index in [2.05, 4.69) is 26.1 Å². The Labute approximate surface area is 83.9 Å². The molecular formula is C7H15NY-2. The maximum Gasteiger partial charge on any atom is 0 e. The number of nitrogens with one attached hydrogen (secondary N) is 1. The van der Waals surface area contributed by atoms with Gasteiger partial charge >= 0.3 is 0 Å². The number of hydrogen-bond acceptors (Lipinski definition) is 1. The van der Waals surface area contributed by atoms with Crippen LogP contribution in [0.1, 0.15) is 20.8 Å². The summed E-state index contributed by atoms with van der Waals surface area (Å²) < 4.78 is 0. The van der Waals surface area contributed by atoms with Gasteiger partial charge in [-0.05, 0) is 0 Å². The molecule has 9 heavy (non-hydrogen) atoms. The van der Waals surface area contributed by atoms with E-state index in [1.165, 1.54) is 0 Å². The van der Waals surface area contributed by atoms with Crippen molar-refractivity contribution in [3.8, 4) is 0 Å². The summed E-state index contributed by atoms with van der Waals surface area (Å²) in [5, 5.41) is 3.11. The van der Waals surface area contributed by atoms with Gasteiger partial charge in [0.15, 0.2) is 0 Å². The van der Waals surface area contributed by atoms with Gasteiger partial charge in [0.25, 0.3) is 0 Å². The van der Waals surface area contributed by atoms with E-state index in [4.69, 9.17) is 0 Å². The Morgan fingerprint density at radius 1 is 1.44 bits per heavy atom. The summed E-state index contributed by atoms with van der Waals surface area (Å²) in [7, 11) is 0. The summed E-state index contributed by atoms with van der Waals surface area (Å²) in [6.07, 6.45) is 0. The maximum absolute atomic E-state index is 3.88. The Morgan fingerprint density at radius 3 is 2.00 bits per heavy atom. The molecule has 1 N–H and O–H groups in total. The van der Waals surface area contributed by atoms with Crippen molar-refractivity contribution >= 4 is 0 Å². The Morgan fingerprint density at radius 2 is 1.89 bits per heavy atom. The number of hydrogen-bond donors (Lipinski definition) is 1. The molecule has 0 spiro atoms. The summed E-state index contributed by atoms with van der Waals surface area (Å²) in [4.78, 5) is 0. The molecule has 0 saturated carbocycles. The average Bonchev–Trinajstić information content (AvgIpc) is 1.67. The van der Waals surface area contributed by atoms with Crippen molar-refractivity contribution in [3.63, 3.8) is 0 Å². The Bertz CT molecular complexity index is 54.9. The van der Waals surface area contributed by atoms with Gasteiger partial charge in [-0.25, -0.2) is 0 Å². The largest absolute Gasteiger partial charge is 0.493 e. The van der Waals surface area contributed by atoms with Gasteiger partial charge < -0.3 is 12.2 Å². The summed E-state index contributed by atoms with van der Waals surface area (Å²) in [6, 6.07) is 0.361. The Hall–Kier alpha value is 1.06. The normalized spacial score (nSPS) is 13.0. The third-order valence-corrected chi connectivity index (χ3v) is 1.19. The van der Waals surface area contributed by atoms with E-state index in [-0.39, 0.29) is 32.7 Å². The topological polar surface area (TPSA) is 12.0 Å². The van der Waals surface area contributed by atoms with E-state index in [1.54, 1.807) is 0 Å². The molecule has 0 saturated heterocycles. The molecule has 2 heteroatoms. The summed E-state index contributed by atoms with van der Waals surface area (Å²) >= 11 is 0. The van der Waals surface area contributed by atoms with Crippen molar-refractivity contribution in [1.29, 1.82) is 0 Å². The zero-order chi connectivity index (χ0) is 6.57. The van der Waals surface area contributed by atoms with Crippen LogP contribution in [0.15, 0.2) is 0 Å².